The average molecular weight is 245 g/mol. The van der Waals surface area contributed by atoms with E-state index in [2.05, 4.69) is 4.98 Å². The van der Waals surface area contributed by atoms with Crippen molar-refractivity contribution in [3.8, 4) is 5.75 Å². The van der Waals surface area contributed by atoms with E-state index in [0.717, 1.165) is 47.2 Å². The van der Waals surface area contributed by atoms with Gasteiger partial charge in [0.2, 0.25) is 0 Å². The molecule has 3 rings (SSSR count). The second-order valence-corrected chi connectivity index (χ2v) is 4.71. The topological polar surface area (TPSA) is 62.3 Å². The van der Waals surface area contributed by atoms with Crippen LogP contribution in [-0.4, -0.2) is 23.2 Å². The number of nitrogens with one attached hydrogen (secondary N) is 1. The molecule has 1 aromatic carbocycles. The van der Waals surface area contributed by atoms with Gasteiger partial charge in [0.15, 0.2) is 0 Å². The van der Waals surface area contributed by atoms with E-state index in [0.29, 0.717) is 0 Å². The van der Waals surface area contributed by atoms with E-state index >= 15 is 0 Å². The molecule has 0 fully saturated rings. The third-order valence-corrected chi connectivity index (χ3v) is 3.69. The zero-order chi connectivity index (χ0) is 12.7. The zero-order valence-electron chi connectivity index (χ0n) is 10.2. The van der Waals surface area contributed by atoms with E-state index in [1.807, 2.05) is 18.2 Å². The smallest absolute Gasteiger partial charge is 0.311 e. The Hall–Kier alpha value is -1.97. The average Bonchev–Trinajstić information content (AvgIpc) is 2.75. The molecule has 1 aliphatic carbocycles. The second kappa shape index (κ2) is 4.05. The highest BCUT2D eigenvalue weighted by atomic mass is 16.5. The summed E-state index contributed by atoms with van der Waals surface area (Å²) in [5, 5.41) is 10.3. The fourth-order valence-electron chi connectivity index (χ4n) is 2.85. The highest BCUT2D eigenvalue weighted by molar-refractivity contribution is 5.91. The minimum atomic E-state index is -0.729. The number of H-pyrrole nitrogens is 1. The number of aromatic nitrogens is 1. The molecule has 1 heterocycles. The Morgan fingerprint density at radius 2 is 2.33 bits per heavy atom. The van der Waals surface area contributed by atoms with Crippen LogP contribution < -0.4 is 4.74 Å². The van der Waals surface area contributed by atoms with Gasteiger partial charge in [0.1, 0.15) is 5.75 Å². The Balaban J connectivity index is 2.22. The first-order valence-electron chi connectivity index (χ1n) is 6.12. The molecular formula is C14H15NO3. The summed E-state index contributed by atoms with van der Waals surface area (Å²) in [5.74, 6) is -0.323. The number of carboxylic acids is 1. The number of aliphatic carboxylic acids is 1. The van der Waals surface area contributed by atoms with Gasteiger partial charge in [0, 0.05) is 22.7 Å². The molecule has 94 valence electrons. The molecule has 2 N–H and O–H groups in total. The van der Waals surface area contributed by atoms with Gasteiger partial charge in [-0.25, -0.2) is 0 Å². The van der Waals surface area contributed by atoms with E-state index in [9.17, 15) is 9.90 Å². The number of rotatable bonds is 2. The first-order chi connectivity index (χ1) is 8.70. The number of hydrogen-bond donors (Lipinski definition) is 2. The molecule has 4 heteroatoms. The number of carbonyl (C=O) groups is 1. The van der Waals surface area contributed by atoms with Gasteiger partial charge in [0.25, 0.3) is 0 Å². The van der Waals surface area contributed by atoms with Crippen LogP contribution in [0.3, 0.4) is 0 Å². The minimum Gasteiger partial charge on any atom is -0.497 e. The number of ether oxygens (including phenoxy) is 1. The quantitative estimate of drug-likeness (QED) is 0.855. The van der Waals surface area contributed by atoms with Crippen LogP contribution in [0.5, 0.6) is 5.75 Å². The van der Waals surface area contributed by atoms with Gasteiger partial charge in [-0.1, -0.05) is 0 Å². The van der Waals surface area contributed by atoms with Crippen molar-refractivity contribution in [1.29, 1.82) is 0 Å². The Labute approximate surface area is 105 Å². The Bertz CT molecular complexity index is 615. The lowest BCUT2D eigenvalue weighted by Crippen LogP contribution is -2.17. The van der Waals surface area contributed by atoms with Crippen LogP contribution in [0.15, 0.2) is 18.2 Å². The highest BCUT2D eigenvalue weighted by Crippen LogP contribution is 2.38. The number of methoxy groups -OCH3 is 1. The Morgan fingerprint density at radius 1 is 1.50 bits per heavy atom. The van der Waals surface area contributed by atoms with Gasteiger partial charge in [-0.15, -0.1) is 0 Å². The van der Waals surface area contributed by atoms with Crippen molar-refractivity contribution in [3.63, 3.8) is 0 Å². The molecule has 1 aliphatic rings. The van der Waals surface area contributed by atoms with Crippen molar-refractivity contribution < 1.29 is 14.6 Å². The van der Waals surface area contributed by atoms with Crippen LogP contribution in [-0.2, 0) is 11.2 Å². The molecule has 0 bridgehead atoms. The number of carboxylic acid groups (broad SMARTS) is 1. The SMILES string of the molecule is COc1ccc2c3c([nH]c2c1)CCCC3C(=O)O. The van der Waals surface area contributed by atoms with Crippen LogP contribution in [0.25, 0.3) is 10.9 Å². The lowest BCUT2D eigenvalue weighted by atomic mass is 9.85. The molecule has 4 nitrogen and oxygen atoms in total. The number of aromatic amines is 1. The van der Waals surface area contributed by atoms with Crippen molar-refractivity contribution in [2.45, 2.75) is 25.2 Å². The first kappa shape index (κ1) is 11.1. The maximum Gasteiger partial charge on any atom is 0.311 e. The summed E-state index contributed by atoms with van der Waals surface area (Å²) in [6.07, 6.45) is 2.57. The molecule has 2 aromatic rings. The summed E-state index contributed by atoms with van der Waals surface area (Å²) in [4.78, 5) is 14.7. The first-order valence-corrected chi connectivity index (χ1v) is 6.12. The van der Waals surface area contributed by atoms with Crippen molar-refractivity contribution in [1.82, 2.24) is 4.98 Å². The van der Waals surface area contributed by atoms with Gasteiger partial charge in [-0.3, -0.25) is 4.79 Å². The minimum absolute atomic E-state index is 0.379. The van der Waals surface area contributed by atoms with E-state index < -0.39 is 5.97 Å². The van der Waals surface area contributed by atoms with Crippen LogP contribution in [0, 0.1) is 0 Å². The zero-order valence-corrected chi connectivity index (χ0v) is 10.2. The molecule has 1 atom stereocenters. The number of fused-ring (bicyclic) bond motifs is 3. The Kier molecular flexibility index (Phi) is 2.51. The molecule has 1 aromatic heterocycles. The molecule has 0 saturated carbocycles. The van der Waals surface area contributed by atoms with Crippen LogP contribution in [0.1, 0.15) is 30.0 Å². The molecular weight excluding hydrogens is 230 g/mol. The summed E-state index contributed by atoms with van der Waals surface area (Å²) in [6, 6.07) is 5.75. The summed E-state index contributed by atoms with van der Waals surface area (Å²) < 4.78 is 5.19. The molecule has 0 spiro atoms. The summed E-state index contributed by atoms with van der Waals surface area (Å²) in [7, 11) is 1.63. The second-order valence-electron chi connectivity index (χ2n) is 4.71. The summed E-state index contributed by atoms with van der Waals surface area (Å²) in [5.41, 5.74) is 3.00. The van der Waals surface area contributed by atoms with Crippen LogP contribution >= 0.6 is 0 Å². The van der Waals surface area contributed by atoms with Crippen molar-refractivity contribution in [3.05, 3.63) is 29.5 Å². The van der Waals surface area contributed by atoms with E-state index in [1.54, 1.807) is 7.11 Å². The number of benzene rings is 1. The van der Waals surface area contributed by atoms with Crippen molar-refractivity contribution in [2.75, 3.05) is 7.11 Å². The van der Waals surface area contributed by atoms with Gasteiger partial charge < -0.3 is 14.8 Å². The standard InChI is InChI=1S/C14H15NO3/c1-18-8-5-6-9-12(7-8)15-11-4-2-3-10(13(9)11)14(16)17/h5-7,10,15H,2-4H2,1H3,(H,16,17). The van der Waals surface area contributed by atoms with E-state index in [4.69, 9.17) is 4.74 Å². The Morgan fingerprint density at radius 3 is 3.06 bits per heavy atom. The monoisotopic (exact) mass is 245 g/mol. The predicted molar refractivity (Wildman–Crippen MR) is 68.2 cm³/mol. The van der Waals surface area contributed by atoms with Crippen molar-refractivity contribution >= 4 is 16.9 Å². The molecule has 0 aliphatic heterocycles. The van der Waals surface area contributed by atoms with Gasteiger partial charge in [-0.05, 0) is 37.0 Å². The maximum absolute atomic E-state index is 11.3. The van der Waals surface area contributed by atoms with E-state index in [1.165, 1.54) is 0 Å². The molecule has 1 unspecified atom stereocenters. The van der Waals surface area contributed by atoms with E-state index in [-0.39, 0.29) is 5.92 Å². The molecule has 0 saturated heterocycles. The summed E-state index contributed by atoms with van der Waals surface area (Å²) in [6.45, 7) is 0. The molecule has 18 heavy (non-hydrogen) atoms. The van der Waals surface area contributed by atoms with Gasteiger partial charge in [-0.2, -0.15) is 0 Å². The third kappa shape index (κ3) is 1.56. The predicted octanol–water partition coefficient (Wildman–Crippen LogP) is 2.68. The number of aryl methyl sites for hydroxylation is 1. The largest absolute Gasteiger partial charge is 0.497 e. The third-order valence-electron chi connectivity index (χ3n) is 3.69. The fraction of sp³-hybridized carbons (Fsp3) is 0.357. The van der Waals surface area contributed by atoms with Gasteiger partial charge >= 0.3 is 5.97 Å². The maximum atomic E-state index is 11.3. The molecule has 0 radical (unpaired) electrons. The molecule has 0 amide bonds. The fourth-order valence-corrected chi connectivity index (χ4v) is 2.85. The highest BCUT2D eigenvalue weighted by Gasteiger charge is 2.29. The normalized spacial score (nSPS) is 18.6. The summed E-state index contributed by atoms with van der Waals surface area (Å²) >= 11 is 0. The van der Waals surface area contributed by atoms with Crippen LogP contribution in [0.4, 0.5) is 0 Å². The van der Waals surface area contributed by atoms with Crippen LogP contribution in [0.2, 0.25) is 0 Å². The lowest BCUT2D eigenvalue weighted by Gasteiger charge is -2.19. The van der Waals surface area contributed by atoms with Gasteiger partial charge in [0.05, 0.1) is 13.0 Å². The number of hydrogen-bond acceptors (Lipinski definition) is 2. The van der Waals surface area contributed by atoms with Crippen molar-refractivity contribution in [2.24, 2.45) is 0 Å². The lowest BCUT2D eigenvalue weighted by molar-refractivity contribution is -0.139.